The van der Waals surface area contributed by atoms with Gasteiger partial charge in [-0.3, -0.25) is 9.52 Å². The molecule has 3 rings (SSSR count). The first kappa shape index (κ1) is 31.3. The highest BCUT2D eigenvalue weighted by molar-refractivity contribution is 7.92. The van der Waals surface area contributed by atoms with E-state index in [4.69, 9.17) is 32.2 Å². The van der Waals surface area contributed by atoms with E-state index in [9.17, 15) is 26.4 Å². The summed E-state index contributed by atoms with van der Waals surface area (Å²) in [6.07, 6.45) is 4.36. The van der Waals surface area contributed by atoms with Crippen LogP contribution in [-0.4, -0.2) is 39.6 Å². The first-order valence-electron chi connectivity index (χ1n) is 11.5. The van der Waals surface area contributed by atoms with Crippen molar-refractivity contribution in [3.63, 3.8) is 0 Å². The largest absolute Gasteiger partial charge is 0.493 e. The Morgan fingerprint density at radius 1 is 1.17 bits per heavy atom. The molecule has 3 aromatic rings. The molecule has 0 radical (unpaired) electrons. The molecular formula is C27H23ClF3N3O6S. The molecule has 0 aliphatic carbocycles. The summed E-state index contributed by atoms with van der Waals surface area (Å²) in [5, 5.41) is 1.99. The van der Waals surface area contributed by atoms with Crippen molar-refractivity contribution < 1.29 is 40.6 Å². The monoisotopic (exact) mass is 609 g/mol. The Kier molecular flexibility index (Phi) is 10.2. The number of benzene rings is 2. The number of nitrogens with zero attached hydrogens (tertiary/aromatic N) is 1. The molecule has 0 bridgehead atoms. The molecule has 0 aliphatic heterocycles. The van der Waals surface area contributed by atoms with Gasteiger partial charge >= 0.3 is 6.18 Å². The molecular weight excluding hydrogens is 587 g/mol. The van der Waals surface area contributed by atoms with Crippen LogP contribution >= 0.6 is 11.6 Å². The first-order valence-corrected chi connectivity index (χ1v) is 13.4. The van der Waals surface area contributed by atoms with Gasteiger partial charge in [0.15, 0.2) is 11.5 Å². The van der Waals surface area contributed by atoms with E-state index in [-0.39, 0.29) is 36.3 Å². The zero-order valence-electron chi connectivity index (χ0n) is 21.6. The van der Waals surface area contributed by atoms with Crippen LogP contribution in [0.5, 0.6) is 17.4 Å². The fraction of sp³-hybridized carbons (Fsp3) is 0.185. The van der Waals surface area contributed by atoms with E-state index < -0.39 is 37.6 Å². The average molecular weight is 610 g/mol. The lowest BCUT2D eigenvalue weighted by Crippen LogP contribution is -2.16. The lowest BCUT2D eigenvalue weighted by molar-refractivity contribution is -0.137. The highest BCUT2D eigenvalue weighted by Crippen LogP contribution is 2.38. The number of amides is 1. The second kappa shape index (κ2) is 13.4. The number of alkyl halides is 3. The summed E-state index contributed by atoms with van der Waals surface area (Å²) < 4.78 is 84.3. The van der Waals surface area contributed by atoms with Crippen LogP contribution in [0.1, 0.15) is 11.1 Å². The zero-order valence-corrected chi connectivity index (χ0v) is 23.2. The molecule has 2 aromatic carbocycles. The van der Waals surface area contributed by atoms with Crippen molar-refractivity contribution in [3.05, 3.63) is 77.0 Å². The third-order valence-electron chi connectivity index (χ3n) is 5.09. The quantitative estimate of drug-likeness (QED) is 0.160. The van der Waals surface area contributed by atoms with E-state index >= 15 is 0 Å². The molecule has 0 aliphatic rings. The molecule has 0 saturated heterocycles. The van der Waals surface area contributed by atoms with Gasteiger partial charge in [0.05, 0.1) is 29.2 Å². The van der Waals surface area contributed by atoms with Crippen LogP contribution in [-0.2, 0) is 25.7 Å². The van der Waals surface area contributed by atoms with E-state index in [1.807, 2.05) is 0 Å². The number of terminal acetylenes is 1. The van der Waals surface area contributed by atoms with Gasteiger partial charge in [0, 0.05) is 24.0 Å². The van der Waals surface area contributed by atoms with Crippen molar-refractivity contribution in [2.24, 2.45) is 0 Å². The van der Waals surface area contributed by atoms with Gasteiger partial charge in [-0.05, 0) is 48.9 Å². The van der Waals surface area contributed by atoms with E-state index in [0.717, 1.165) is 12.1 Å². The molecule has 0 atom stereocenters. The molecule has 0 fully saturated rings. The summed E-state index contributed by atoms with van der Waals surface area (Å²) >= 11 is 5.62. The number of hydrogen-bond acceptors (Lipinski definition) is 7. The number of ether oxygens (including phenoxy) is 3. The summed E-state index contributed by atoms with van der Waals surface area (Å²) in [7, 11) is -3.18. The van der Waals surface area contributed by atoms with Crippen LogP contribution in [0.4, 0.5) is 24.5 Å². The Bertz CT molecular complexity index is 1600. The summed E-state index contributed by atoms with van der Waals surface area (Å²) in [5.74, 6) is 1.90. The van der Waals surface area contributed by atoms with Crippen LogP contribution in [0.2, 0.25) is 5.02 Å². The molecule has 14 heteroatoms. The molecule has 0 saturated carbocycles. The van der Waals surface area contributed by atoms with Crippen molar-refractivity contribution >= 4 is 38.9 Å². The van der Waals surface area contributed by atoms with Crippen LogP contribution in [0, 0.1) is 19.3 Å². The number of sulfonamides is 1. The number of aromatic nitrogens is 1. The average Bonchev–Trinajstić information content (AvgIpc) is 2.90. The predicted octanol–water partition coefficient (Wildman–Crippen LogP) is 5.81. The number of halogens is 4. The van der Waals surface area contributed by atoms with Crippen molar-refractivity contribution in [2.75, 3.05) is 30.4 Å². The smallest absolute Gasteiger partial charge is 0.417 e. The lowest BCUT2D eigenvalue weighted by Gasteiger charge is -2.16. The van der Waals surface area contributed by atoms with Gasteiger partial charge in [-0.2, -0.15) is 13.2 Å². The molecule has 2 N–H and O–H groups in total. The Morgan fingerprint density at radius 2 is 1.93 bits per heavy atom. The first-order chi connectivity index (χ1) is 19.3. The SMILES string of the molecule is C#CCOC/C=C/C(=O)Nc1ccc(Oc2ncc(C)cc2NS(=O)(=O)c2ccc(Cl)c(C(F)(F)F)c2)c(OC)c1. The molecule has 1 aromatic heterocycles. The fourth-order valence-electron chi connectivity index (χ4n) is 3.26. The molecule has 0 spiro atoms. The number of nitrogens with one attached hydrogen (secondary N) is 2. The predicted molar refractivity (Wildman–Crippen MR) is 147 cm³/mol. The van der Waals surface area contributed by atoms with Gasteiger partial charge in [0.2, 0.25) is 11.8 Å². The van der Waals surface area contributed by atoms with Gasteiger partial charge in [-0.1, -0.05) is 23.6 Å². The van der Waals surface area contributed by atoms with E-state index in [1.165, 1.54) is 49.7 Å². The summed E-state index contributed by atoms with van der Waals surface area (Å²) in [4.78, 5) is 15.6. The molecule has 9 nitrogen and oxygen atoms in total. The Hall–Kier alpha value is -4.25. The lowest BCUT2D eigenvalue weighted by atomic mass is 10.2. The number of anilines is 2. The molecule has 41 heavy (non-hydrogen) atoms. The van der Waals surface area contributed by atoms with E-state index in [2.05, 4.69) is 20.9 Å². The second-order valence-electron chi connectivity index (χ2n) is 8.19. The minimum atomic E-state index is -4.86. The maximum absolute atomic E-state index is 13.3. The van der Waals surface area contributed by atoms with Crippen molar-refractivity contribution in [3.8, 4) is 29.7 Å². The third-order valence-corrected chi connectivity index (χ3v) is 6.78. The number of pyridine rings is 1. The van der Waals surface area contributed by atoms with Gasteiger partial charge in [0.1, 0.15) is 12.3 Å². The number of aryl methyl sites for hydroxylation is 1. The zero-order chi connectivity index (χ0) is 30.2. The number of rotatable bonds is 11. The highest BCUT2D eigenvalue weighted by Gasteiger charge is 2.34. The van der Waals surface area contributed by atoms with Gasteiger partial charge < -0.3 is 19.5 Å². The number of carbonyl (C=O) groups excluding carboxylic acids is 1. The maximum atomic E-state index is 13.3. The summed E-state index contributed by atoms with van der Waals surface area (Å²) in [6.45, 7) is 1.90. The third kappa shape index (κ3) is 8.62. The Balaban J connectivity index is 1.84. The molecule has 216 valence electrons. The van der Waals surface area contributed by atoms with Gasteiger partial charge in [-0.15, -0.1) is 6.42 Å². The Morgan fingerprint density at radius 3 is 2.61 bits per heavy atom. The van der Waals surface area contributed by atoms with Crippen LogP contribution < -0.4 is 19.5 Å². The van der Waals surface area contributed by atoms with Crippen molar-refractivity contribution in [1.29, 1.82) is 0 Å². The normalized spacial score (nSPS) is 11.6. The van der Waals surface area contributed by atoms with Crippen LogP contribution in [0.25, 0.3) is 0 Å². The highest BCUT2D eigenvalue weighted by atomic mass is 35.5. The maximum Gasteiger partial charge on any atom is 0.417 e. The van der Waals surface area contributed by atoms with E-state index in [1.54, 1.807) is 6.92 Å². The van der Waals surface area contributed by atoms with E-state index in [0.29, 0.717) is 17.3 Å². The van der Waals surface area contributed by atoms with Crippen LogP contribution in [0.3, 0.4) is 0 Å². The minimum Gasteiger partial charge on any atom is -0.493 e. The number of methoxy groups -OCH3 is 1. The summed E-state index contributed by atoms with van der Waals surface area (Å²) in [5.41, 5.74) is -0.560. The Labute approximate surface area is 239 Å². The van der Waals surface area contributed by atoms with Gasteiger partial charge in [0.25, 0.3) is 10.0 Å². The second-order valence-corrected chi connectivity index (χ2v) is 10.3. The van der Waals surface area contributed by atoms with Gasteiger partial charge in [-0.25, -0.2) is 13.4 Å². The minimum absolute atomic E-state index is 0.103. The summed E-state index contributed by atoms with van der Waals surface area (Å²) in [6, 6.07) is 8.02. The molecule has 0 unspecified atom stereocenters. The molecule has 1 amide bonds. The topological polar surface area (TPSA) is 116 Å². The van der Waals surface area contributed by atoms with Crippen molar-refractivity contribution in [2.45, 2.75) is 18.0 Å². The number of carbonyl (C=O) groups is 1. The standard InChI is InChI=1S/C27H23ClF3N3O6S/c1-4-11-39-12-5-6-25(35)33-18-7-10-23(24(14-18)38-3)40-26-22(13-17(2)16-32-26)34-41(36,37)19-8-9-21(28)20(15-19)27(29,30)31/h1,5-10,13-16,34H,11-12H2,2-3H3,(H,33,35)/b6-5+. The van der Waals surface area contributed by atoms with Crippen molar-refractivity contribution in [1.82, 2.24) is 4.98 Å². The fourth-order valence-corrected chi connectivity index (χ4v) is 4.56. The number of hydrogen-bond donors (Lipinski definition) is 2. The molecule has 1 heterocycles. The van der Waals surface area contributed by atoms with Crippen LogP contribution in [0.15, 0.2) is 65.7 Å².